The average molecular weight is 232 g/mol. The van der Waals surface area contributed by atoms with Gasteiger partial charge in [-0.15, -0.1) is 0 Å². The molecular weight excluding hydrogens is 223 g/mol. The molecule has 5 N–H and O–H groups in total. The van der Waals surface area contributed by atoms with Gasteiger partial charge in [0, 0.05) is 0 Å². The molecule has 1 aromatic carbocycles. The van der Waals surface area contributed by atoms with Crippen LogP contribution in [-0.2, 0) is 3.74 Å². The Bertz CT molecular complexity index is 322. The summed E-state index contributed by atoms with van der Waals surface area (Å²) in [6, 6.07) is 6.06. The van der Waals surface area contributed by atoms with Crippen molar-refractivity contribution >= 4 is 24.2 Å². The van der Waals surface area contributed by atoms with Crippen LogP contribution in [0.5, 0.6) is 0 Å². The zero-order chi connectivity index (χ0) is 9.19. The van der Waals surface area contributed by atoms with E-state index in [1.807, 2.05) is 0 Å². The molecule has 6 heteroatoms. The predicted molar refractivity (Wildman–Crippen MR) is 44.8 cm³/mol. The summed E-state index contributed by atoms with van der Waals surface area (Å²) in [5.41, 5.74) is 2.49. The molecule has 0 saturated heterocycles. The fourth-order valence-corrected chi connectivity index (χ4v) is 2.39. The Morgan fingerprint density at radius 2 is 1.92 bits per heavy atom. The van der Waals surface area contributed by atoms with Crippen LogP contribution in [0.2, 0.25) is 0 Å². The normalized spacial score (nSPS) is 11.2. The van der Waals surface area contributed by atoms with Crippen molar-refractivity contribution in [1.29, 1.82) is 0 Å². The minimum absolute atomic E-state index is 0.0295. The average Bonchev–Trinajstić information content (AvgIpc) is 2.03. The third-order valence-electron chi connectivity index (χ3n) is 1.37. The van der Waals surface area contributed by atoms with Crippen molar-refractivity contribution in [3.63, 3.8) is 0 Å². The van der Waals surface area contributed by atoms with Gasteiger partial charge < -0.3 is 0 Å². The van der Waals surface area contributed by atoms with Crippen molar-refractivity contribution in [2.45, 2.75) is 0 Å². The number of hydrazine groups is 1. The number of hydrogen-bond acceptors (Lipinski definition) is 3. The summed E-state index contributed by atoms with van der Waals surface area (Å²) < 4.78 is 28.6. The molecule has 1 rings (SSSR count). The molecule has 0 amide bonds. The standard InChI is InChI=1S/C6H9AsN2O3/c8-9-6-4-2-1-3-5(6)7(10,11)12/h1-4,9H,8H2,(H2,10,11,12). The van der Waals surface area contributed by atoms with Crippen LogP contribution in [0.4, 0.5) is 5.69 Å². The first-order valence-electron chi connectivity index (χ1n) is 3.17. The van der Waals surface area contributed by atoms with Crippen LogP contribution >= 0.6 is 0 Å². The van der Waals surface area contributed by atoms with E-state index in [4.69, 9.17) is 14.0 Å². The number of nitrogen functional groups attached to an aromatic ring is 1. The van der Waals surface area contributed by atoms with E-state index in [1.54, 1.807) is 12.1 Å². The first kappa shape index (κ1) is 9.35. The Morgan fingerprint density at radius 1 is 1.33 bits per heavy atom. The van der Waals surface area contributed by atoms with Gasteiger partial charge in [0.2, 0.25) is 0 Å². The topological polar surface area (TPSA) is 95.6 Å². The molecule has 0 aliphatic rings. The van der Waals surface area contributed by atoms with Crippen LogP contribution in [0.1, 0.15) is 0 Å². The monoisotopic (exact) mass is 232 g/mol. The molecule has 0 fully saturated rings. The van der Waals surface area contributed by atoms with Crippen molar-refractivity contribution < 1.29 is 11.9 Å². The van der Waals surface area contributed by atoms with E-state index < -0.39 is 14.2 Å². The summed E-state index contributed by atoms with van der Waals surface area (Å²) in [6.45, 7) is 0. The zero-order valence-electron chi connectivity index (χ0n) is 6.14. The molecule has 0 bridgehead atoms. The molecule has 0 aliphatic carbocycles. The van der Waals surface area contributed by atoms with Crippen molar-refractivity contribution in [3.05, 3.63) is 24.3 Å². The SMILES string of the molecule is NNc1ccccc1[As](=O)(O)O. The van der Waals surface area contributed by atoms with Gasteiger partial charge in [-0.3, -0.25) is 0 Å². The van der Waals surface area contributed by atoms with Crippen molar-refractivity contribution in [2.75, 3.05) is 5.43 Å². The molecule has 0 radical (unpaired) electrons. The van der Waals surface area contributed by atoms with Crippen LogP contribution in [0.15, 0.2) is 24.3 Å². The van der Waals surface area contributed by atoms with E-state index in [0.29, 0.717) is 0 Å². The maximum atomic E-state index is 10.9. The first-order chi connectivity index (χ1) is 5.55. The summed E-state index contributed by atoms with van der Waals surface area (Å²) in [5.74, 6) is 5.06. The maximum absolute atomic E-state index is 10.9. The molecule has 5 nitrogen and oxygen atoms in total. The summed E-state index contributed by atoms with van der Waals surface area (Å²) in [6.07, 6.45) is 0. The van der Waals surface area contributed by atoms with Gasteiger partial charge >= 0.3 is 71.7 Å². The Balaban J connectivity index is 3.23. The summed E-state index contributed by atoms with van der Waals surface area (Å²) >= 11 is -4.82. The van der Waals surface area contributed by atoms with E-state index in [-0.39, 0.29) is 10.0 Å². The molecule has 0 atom stereocenters. The molecule has 0 aliphatic heterocycles. The van der Waals surface area contributed by atoms with Crippen molar-refractivity contribution in [2.24, 2.45) is 5.84 Å². The van der Waals surface area contributed by atoms with Crippen LogP contribution in [0, 0.1) is 0 Å². The third-order valence-corrected chi connectivity index (χ3v) is 3.51. The van der Waals surface area contributed by atoms with Crippen LogP contribution in [0.3, 0.4) is 0 Å². The van der Waals surface area contributed by atoms with Crippen LogP contribution in [-0.4, -0.2) is 22.4 Å². The summed E-state index contributed by atoms with van der Waals surface area (Å²) in [7, 11) is 0. The fourth-order valence-electron chi connectivity index (χ4n) is 0.850. The van der Waals surface area contributed by atoms with E-state index in [2.05, 4.69) is 5.43 Å². The fraction of sp³-hybridized carbons (Fsp3) is 0. The first-order valence-corrected chi connectivity index (χ1v) is 6.56. The molecule has 0 heterocycles. The molecule has 0 saturated carbocycles. The predicted octanol–water partition coefficient (Wildman–Crippen LogP) is -1.47. The third kappa shape index (κ3) is 1.89. The number of nitrogens with one attached hydrogen (secondary N) is 1. The summed E-state index contributed by atoms with van der Waals surface area (Å²) in [4.78, 5) is 0. The Morgan fingerprint density at radius 3 is 2.33 bits per heavy atom. The van der Waals surface area contributed by atoms with Gasteiger partial charge in [-0.25, -0.2) is 0 Å². The number of anilines is 1. The number of nitrogens with two attached hydrogens (primary N) is 1. The second-order valence-electron chi connectivity index (χ2n) is 2.21. The molecule has 12 heavy (non-hydrogen) atoms. The van der Waals surface area contributed by atoms with Gasteiger partial charge in [0.15, 0.2) is 0 Å². The quantitative estimate of drug-likeness (QED) is 0.284. The number of para-hydroxylation sites is 1. The van der Waals surface area contributed by atoms with Gasteiger partial charge in [-0.1, -0.05) is 0 Å². The van der Waals surface area contributed by atoms with Gasteiger partial charge in [0.1, 0.15) is 0 Å². The molecule has 0 aromatic heterocycles. The number of rotatable bonds is 2. The Labute approximate surface area is 72.2 Å². The molecule has 66 valence electrons. The van der Waals surface area contributed by atoms with Gasteiger partial charge in [0.05, 0.1) is 0 Å². The van der Waals surface area contributed by atoms with Crippen molar-refractivity contribution in [3.8, 4) is 0 Å². The Kier molecular flexibility index (Phi) is 2.59. The van der Waals surface area contributed by atoms with E-state index in [1.165, 1.54) is 12.1 Å². The van der Waals surface area contributed by atoms with E-state index in [9.17, 15) is 3.74 Å². The van der Waals surface area contributed by atoms with E-state index in [0.717, 1.165) is 0 Å². The van der Waals surface area contributed by atoms with Gasteiger partial charge in [-0.2, -0.15) is 0 Å². The molecule has 1 aromatic rings. The van der Waals surface area contributed by atoms with Gasteiger partial charge in [-0.05, 0) is 0 Å². The minimum atomic E-state index is -4.82. The molecule has 0 unspecified atom stereocenters. The number of hydrogen-bond donors (Lipinski definition) is 4. The zero-order valence-corrected chi connectivity index (χ0v) is 8.01. The Hall–Kier alpha value is -0.742. The second kappa shape index (κ2) is 3.33. The van der Waals surface area contributed by atoms with Crippen LogP contribution < -0.4 is 15.6 Å². The molecule has 0 spiro atoms. The van der Waals surface area contributed by atoms with Crippen molar-refractivity contribution in [1.82, 2.24) is 0 Å². The van der Waals surface area contributed by atoms with E-state index >= 15 is 0 Å². The van der Waals surface area contributed by atoms with Crippen LogP contribution in [0.25, 0.3) is 0 Å². The molecular formula is C6H9AsN2O3. The number of benzene rings is 1. The summed E-state index contributed by atoms with van der Waals surface area (Å²) in [5, 5.41) is 0. The van der Waals surface area contributed by atoms with Gasteiger partial charge in [0.25, 0.3) is 0 Å². The second-order valence-corrected chi connectivity index (χ2v) is 5.50.